The van der Waals surface area contributed by atoms with Crippen molar-refractivity contribution in [2.45, 2.75) is 11.3 Å². The summed E-state index contributed by atoms with van der Waals surface area (Å²) < 4.78 is 73.8. The largest absolute Gasteiger partial charge is 0.574 e. The van der Waals surface area contributed by atoms with Crippen LogP contribution in [0.1, 0.15) is 0 Å². The van der Waals surface area contributed by atoms with Gasteiger partial charge in [-0.1, -0.05) is 0 Å². The minimum atomic E-state index is -5.36. The Kier molecular flexibility index (Phi) is 3.86. The number of nitro groups is 1. The van der Waals surface area contributed by atoms with Crippen LogP contribution >= 0.6 is 10.7 Å². The first kappa shape index (κ1) is 15.4. The normalized spacial score (nSPS) is 12.3. The van der Waals surface area contributed by atoms with E-state index in [1.807, 2.05) is 0 Å². The van der Waals surface area contributed by atoms with Crippen LogP contribution in [0.4, 0.5) is 23.2 Å². The van der Waals surface area contributed by atoms with Gasteiger partial charge in [-0.25, -0.2) is 13.4 Å². The van der Waals surface area contributed by atoms with Gasteiger partial charge in [-0.2, -0.15) is 4.39 Å². The minimum Gasteiger partial charge on any atom is -0.384 e. The summed E-state index contributed by atoms with van der Waals surface area (Å²) in [4.78, 5) is 10.2. The highest BCUT2D eigenvalue weighted by molar-refractivity contribution is 8.13. The molecule has 0 aliphatic rings. The van der Waals surface area contributed by atoms with Crippen LogP contribution in [0.15, 0.2) is 11.1 Å². The van der Waals surface area contributed by atoms with Crippen molar-refractivity contribution in [1.82, 2.24) is 4.98 Å². The molecule has 19 heavy (non-hydrogen) atoms. The quantitative estimate of drug-likeness (QED) is 0.365. The maximum atomic E-state index is 13.4. The molecule has 0 aliphatic carbocycles. The average Bonchev–Trinajstić information content (AvgIpc) is 2.16. The number of nitrogens with zero attached hydrogens (tertiary/aromatic N) is 2. The number of pyridine rings is 1. The molecular formula is C6HClF4N2O5S. The molecule has 0 spiro atoms. The molecule has 0 amide bonds. The third-order valence-electron chi connectivity index (χ3n) is 1.59. The Bertz CT molecular complexity index is 631. The van der Waals surface area contributed by atoms with Crippen molar-refractivity contribution in [2.75, 3.05) is 0 Å². The molecule has 0 aliphatic heterocycles. The third-order valence-corrected chi connectivity index (χ3v) is 2.91. The summed E-state index contributed by atoms with van der Waals surface area (Å²) in [5, 5.41) is 10.5. The second-order valence-corrected chi connectivity index (χ2v) is 5.37. The van der Waals surface area contributed by atoms with Crippen molar-refractivity contribution < 1.29 is 35.6 Å². The van der Waals surface area contributed by atoms with Gasteiger partial charge >= 0.3 is 12.0 Å². The van der Waals surface area contributed by atoms with Gasteiger partial charge in [0.25, 0.3) is 20.7 Å². The second kappa shape index (κ2) is 4.77. The fourth-order valence-electron chi connectivity index (χ4n) is 0.974. The van der Waals surface area contributed by atoms with Gasteiger partial charge in [0.1, 0.15) is 0 Å². The standard InChI is InChI=1S/C6HClF4N2O5S/c7-19(16,17)2-1-12-5(18-6(9,10)11)3(8)4(2)13(14)15/h1H. The summed E-state index contributed by atoms with van der Waals surface area (Å²) in [6, 6.07) is 0. The van der Waals surface area contributed by atoms with Crippen molar-refractivity contribution in [3.05, 3.63) is 22.1 Å². The molecule has 0 fully saturated rings. The molecule has 1 heterocycles. The predicted octanol–water partition coefficient (Wildman–Crippen LogP) is 1.95. The molecule has 0 unspecified atom stereocenters. The van der Waals surface area contributed by atoms with Crippen LogP contribution in [-0.4, -0.2) is 24.7 Å². The highest BCUT2D eigenvalue weighted by Crippen LogP contribution is 2.34. The van der Waals surface area contributed by atoms with E-state index in [4.69, 9.17) is 10.7 Å². The summed E-state index contributed by atoms with van der Waals surface area (Å²) >= 11 is 0. The molecule has 1 aromatic heterocycles. The molecule has 0 N–H and O–H groups in total. The lowest BCUT2D eigenvalue weighted by Crippen LogP contribution is -2.19. The van der Waals surface area contributed by atoms with Gasteiger partial charge in [-0.05, 0) is 0 Å². The summed E-state index contributed by atoms with van der Waals surface area (Å²) in [6.45, 7) is 0. The predicted molar refractivity (Wildman–Crippen MR) is 50.6 cm³/mol. The van der Waals surface area contributed by atoms with Crippen molar-refractivity contribution in [2.24, 2.45) is 0 Å². The Balaban J connectivity index is 3.54. The number of rotatable bonds is 3. The van der Waals surface area contributed by atoms with E-state index in [9.17, 15) is 36.1 Å². The Morgan fingerprint density at radius 1 is 1.42 bits per heavy atom. The molecule has 7 nitrogen and oxygen atoms in total. The number of halogens is 5. The van der Waals surface area contributed by atoms with Crippen LogP contribution < -0.4 is 4.74 Å². The number of hydrogen-bond acceptors (Lipinski definition) is 6. The minimum absolute atomic E-state index is 0.0879. The first-order valence-corrected chi connectivity index (χ1v) is 6.27. The molecule has 0 saturated carbocycles. The number of hydrogen-bond donors (Lipinski definition) is 0. The van der Waals surface area contributed by atoms with Gasteiger partial charge in [-0.15, -0.1) is 13.2 Å². The van der Waals surface area contributed by atoms with E-state index in [2.05, 4.69) is 9.72 Å². The van der Waals surface area contributed by atoms with E-state index in [0.29, 0.717) is 0 Å². The molecule has 106 valence electrons. The van der Waals surface area contributed by atoms with Gasteiger partial charge < -0.3 is 4.74 Å². The van der Waals surface area contributed by atoms with Gasteiger partial charge in [0.2, 0.25) is 0 Å². The van der Waals surface area contributed by atoms with E-state index in [0.717, 1.165) is 0 Å². The summed E-state index contributed by atoms with van der Waals surface area (Å²) in [5.74, 6) is -3.99. The Labute approximate surface area is 106 Å². The molecule has 0 saturated heterocycles. The third kappa shape index (κ3) is 3.64. The zero-order valence-electron chi connectivity index (χ0n) is 8.31. The average molecular weight is 325 g/mol. The van der Waals surface area contributed by atoms with Crippen molar-refractivity contribution >= 4 is 25.4 Å². The van der Waals surface area contributed by atoms with Gasteiger partial charge in [0.05, 0.1) is 11.1 Å². The number of alkyl halides is 3. The number of aromatic nitrogens is 1. The van der Waals surface area contributed by atoms with Gasteiger partial charge in [0, 0.05) is 10.7 Å². The topological polar surface area (TPSA) is 99.4 Å². The fraction of sp³-hybridized carbons (Fsp3) is 0.167. The summed E-state index contributed by atoms with van der Waals surface area (Å²) in [7, 11) is -0.00693. The number of ether oxygens (including phenoxy) is 1. The molecular weight excluding hydrogens is 324 g/mol. The lowest BCUT2D eigenvalue weighted by Gasteiger charge is -2.09. The van der Waals surface area contributed by atoms with Crippen LogP contribution in [0.3, 0.4) is 0 Å². The highest BCUT2D eigenvalue weighted by Gasteiger charge is 2.38. The fourth-order valence-corrected chi connectivity index (χ4v) is 1.89. The zero-order chi connectivity index (χ0) is 15.0. The van der Waals surface area contributed by atoms with Crippen LogP contribution in [0, 0.1) is 15.9 Å². The molecule has 1 aromatic rings. The maximum absolute atomic E-state index is 13.4. The molecule has 0 bridgehead atoms. The maximum Gasteiger partial charge on any atom is 0.574 e. The first-order valence-electron chi connectivity index (χ1n) is 3.97. The Morgan fingerprint density at radius 3 is 2.32 bits per heavy atom. The molecule has 0 radical (unpaired) electrons. The van der Waals surface area contributed by atoms with Crippen LogP contribution in [0.25, 0.3) is 0 Å². The molecule has 0 atom stereocenters. The van der Waals surface area contributed by atoms with Crippen LogP contribution in [-0.2, 0) is 9.05 Å². The van der Waals surface area contributed by atoms with Crippen molar-refractivity contribution in [3.63, 3.8) is 0 Å². The van der Waals surface area contributed by atoms with Crippen molar-refractivity contribution in [1.29, 1.82) is 0 Å². The van der Waals surface area contributed by atoms with E-state index in [-0.39, 0.29) is 6.20 Å². The van der Waals surface area contributed by atoms with Crippen LogP contribution in [0.5, 0.6) is 5.88 Å². The highest BCUT2D eigenvalue weighted by atomic mass is 35.7. The smallest absolute Gasteiger partial charge is 0.384 e. The van der Waals surface area contributed by atoms with Gasteiger partial charge in [-0.3, -0.25) is 10.1 Å². The van der Waals surface area contributed by atoms with Gasteiger partial charge in [0.15, 0.2) is 4.90 Å². The SMILES string of the molecule is O=[N+]([O-])c1c(S(=O)(=O)Cl)cnc(OC(F)(F)F)c1F. The lowest BCUT2D eigenvalue weighted by atomic mass is 10.4. The molecule has 13 heteroatoms. The molecule has 0 aromatic carbocycles. The second-order valence-electron chi connectivity index (χ2n) is 2.83. The lowest BCUT2D eigenvalue weighted by molar-refractivity contribution is -0.391. The van der Waals surface area contributed by atoms with Crippen molar-refractivity contribution in [3.8, 4) is 5.88 Å². The Morgan fingerprint density at radius 2 is 1.95 bits per heavy atom. The zero-order valence-corrected chi connectivity index (χ0v) is 9.88. The van der Waals surface area contributed by atoms with E-state index < -0.39 is 42.6 Å². The van der Waals surface area contributed by atoms with E-state index in [1.54, 1.807) is 0 Å². The summed E-state index contributed by atoms with van der Waals surface area (Å²) in [6.07, 6.45) is -5.27. The Hall–Kier alpha value is -1.69. The van der Waals surface area contributed by atoms with E-state index in [1.165, 1.54) is 0 Å². The molecule has 1 rings (SSSR count). The van der Waals surface area contributed by atoms with E-state index >= 15 is 0 Å². The summed E-state index contributed by atoms with van der Waals surface area (Å²) in [5.41, 5.74) is -1.79. The van der Waals surface area contributed by atoms with Crippen LogP contribution in [0.2, 0.25) is 0 Å². The monoisotopic (exact) mass is 324 g/mol. The first-order chi connectivity index (χ1) is 8.43.